The molecule has 0 aromatic heterocycles. The second-order valence-corrected chi connectivity index (χ2v) is 6.65. The lowest BCUT2D eigenvalue weighted by Gasteiger charge is -2.21. The molecule has 28 heavy (non-hydrogen) atoms. The third-order valence-electron chi connectivity index (χ3n) is 4.19. The minimum Gasteiger partial charge on any atom is -0.488 e. The van der Waals surface area contributed by atoms with Crippen molar-refractivity contribution in [3.63, 3.8) is 0 Å². The van der Waals surface area contributed by atoms with Gasteiger partial charge in [0.15, 0.2) is 0 Å². The number of rotatable bonds is 7. The predicted octanol–water partition coefficient (Wildman–Crippen LogP) is 5.08. The summed E-state index contributed by atoms with van der Waals surface area (Å²) < 4.78 is 5.89. The maximum absolute atomic E-state index is 13.1. The number of carbonyl (C=O) groups excluding carboxylic acids is 1. The summed E-state index contributed by atoms with van der Waals surface area (Å²) in [6.45, 7) is 0.677. The number of hydrogen-bond donors (Lipinski definition) is 0. The predicted molar refractivity (Wildman–Crippen MR) is 109 cm³/mol. The molecule has 3 rings (SSSR count). The third kappa shape index (κ3) is 5.12. The SMILES string of the molecule is N#CCN(Cc1ccccc1)C(=O)c1ccccc1OCc1ccc(Cl)cc1. The van der Waals surface area contributed by atoms with Crippen molar-refractivity contribution in [1.29, 1.82) is 5.26 Å². The molecule has 0 aliphatic carbocycles. The number of hydrogen-bond acceptors (Lipinski definition) is 3. The first-order valence-electron chi connectivity index (χ1n) is 8.84. The average molecular weight is 391 g/mol. The summed E-state index contributed by atoms with van der Waals surface area (Å²) in [6.07, 6.45) is 0. The smallest absolute Gasteiger partial charge is 0.258 e. The Bertz CT molecular complexity index is 966. The fourth-order valence-electron chi connectivity index (χ4n) is 2.77. The highest BCUT2D eigenvalue weighted by molar-refractivity contribution is 6.30. The summed E-state index contributed by atoms with van der Waals surface area (Å²) in [5, 5.41) is 9.83. The Morgan fingerprint density at radius 3 is 2.32 bits per heavy atom. The number of amides is 1. The Hall–Kier alpha value is -3.29. The molecule has 3 aromatic rings. The van der Waals surface area contributed by atoms with Gasteiger partial charge in [0.05, 0.1) is 11.6 Å². The Balaban J connectivity index is 1.78. The molecule has 0 saturated carbocycles. The van der Waals surface area contributed by atoms with Gasteiger partial charge in [-0.15, -0.1) is 0 Å². The number of nitriles is 1. The van der Waals surface area contributed by atoms with Crippen molar-refractivity contribution in [2.24, 2.45) is 0 Å². The van der Waals surface area contributed by atoms with Crippen LogP contribution in [0.15, 0.2) is 78.9 Å². The number of nitrogens with zero attached hydrogens (tertiary/aromatic N) is 2. The summed E-state index contributed by atoms with van der Waals surface area (Å²) in [5.74, 6) is 0.246. The quantitative estimate of drug-likeness (QED) is 0.528. The summed E-state index contributed by atoms with van der Waals surface area (Å²) >= 11 is 5.91. The van der Waals surface area contributed by atoms with Crippen molar-refractivity contribution < 1.29 is 9.53 Å². The fourth-order valence-corrected chi connectivity index (χ4v) is 2.90. The van der Waals surface area contributed by atoms with Crippen LogP contribution in [0, 0.1) is 11.3 Å². The molecule has 140 valence electrons. The first-order chi connectivity index (χ1) is 13.7. The molecule has 0 radical (unpaired) electrons. The Labute approximate surface area is 169 Å². The maximum atomic E-state index is 13.1. The van der Waals surface area contributed by atoms with Crippen molar-refractivity contribution in [3.05, 3.63) is 101 Å². The molecule has 0 aliphatic rings. The molecule has 0 atom stereocenters. The van der Waals surface area contributed by atoms with Crippen LogP contribution in [-0.4, -0.2) is 17.4 Å². The van der Waals surface area contributed by atoms with E-state index in [4.69, 9.17) is 21.6 Å². The van der Waals surface area contributed by atoms with Gasteiger partial charge in [-0.25, -0.2) is 0 Å². The molecule has 0 bridgehead atoms. The van der Waals surface area contributed by atoms with Crippen molar-refractivity contribution in [3.8, 4) is 11.8 Å². The first kappa shape index (κ1) is 19.5. The highest BCUT2D eigenvalue weighted by atomic mass is 35.5. The Kier molecular flexibility index (Phi) is 6.67. The van der Waals surface area contributed by atoms with Gasteiger partial charge in [0.2, 0.25) is 0 Å². The maximum Gasteiger partial charge on any atom is 0.258 e. The van der Waals surface area contributed by atoms with Crippen LogP contribution in [0.4, 0.5) is 0 Å². The zero-order valence-corrected chi connectivity index (χ0v) is 16.0. The van der Waals surface area contributed by atoms with Gasteiger partial charge in [0.25, 0.3) is 5.91 Å². The molecule has 0 aliphatic heterocycles. The zero-order valence-electron chi connectivity index (χ0n) is 15.2. The van der Waals surface area contributed by atoms with E-state index in [1.807, 2.05) is 48.5 Å². The van der Waals surface area contributed by atoms with Gasteiger partial charge in [-0.3, -0.25) is 4.79 Å². The molecular formula is C23H19ClN2O2. The second-order valence-electron chi connectivity index (χ2n) is 6.22. The van der Waals surface area contributed by atoms with Gasteiger partial charge in [0, 0.05) is 11.6 Å². The first-order valence-corrected chi connectivity index (χ1v) is 9.21. The van der Waals surface area contributed by atoms with Crippen LogP contribution in [0.3, 0.4) is 0 Å². The van der Waals surface area contributed by atoms with E-state index in [-0.39, 0.29) is 12.5 Å². The Morgan fingerprint density at radius 1 is 0.929 bits per heavy atom. The van der Waals surface area contributed by atoms with E-state index in [2.05, 4.69) is 6.07 Å². The largest absolute Gasteiger partial charge is 0.488 e. The highest BCUT2D eigenvalue weighted by Gasteiger charge is 2.19. The fraction of sp³-hybridized carbons (Fsp3) is 0.130. The second kappa shape index (κ2) is 9.59. The van der Waals surface area contributed by atoms with E-state index in [1.165, 1.54) is 4.90 Å². The van der Waals surface area contributed by atoms with E-state index in [0.29, 0.717) is 29.5 Å². The van der Waals surface area contributed by atoms with Crippen molar-refractivity contribution >= 4 is 17.5 Å². The molecule has 0 N–H and O–H groups in total. The molecule has 4 nitrogen and oxygen atoms in total. The average Bonchev–Trinajstić information content (AvgIpc) is 2.73. The van der Waals surface area contributed by atoms with Crippen LogP contribution in [0.25, 0.3) is 0 Å². The van der Waals surface area contributed by atoms with Gasteiger partial charge < -0.3 is 9.64 Å². The topological polar surface area (TPSA) is 53.3 Å². The van der Waals surface area contributed by atoms with Crippen LogP contribution >= 0.6 is 11.6 Å². The third-order valence-corrected chi connectivity index (χ3v) is 4.44. The number of carbonyl (C=O) groups is 1. The van der Waals surface area contributed by atoms with E-state index in [1.54, 1.807) is 30.3 Å². The van der Waals surface area contributed by atoms with E-state index < -0.39 is 0 Å². The van der Waals surface area contributed by atoms with Crippen LogP contribution in [-0.2, 0) is 13.2 Å². The van der Waals surface area contributed by atoms with Crippen molar-refractivity contribution in [2.45, 2.75) is 13.2 Å². The van der Waals surface area contributed by atoms with Gasteiger partial charge in [-0.2, -0.15) is 5.26 Å². The number of ether oxygens (including phenoxy) is 1. The van der Waals surface area contributed by atoms with Gasteiger partial charge in [-0.05, 0) is 35.4 Å². The van der Waals surface area contributed by atoms with Crippen LogP contribution in [0.5, 0.6) is 5.75 Å². The molecule has 0 unspecified atom stereocenters. The van der Waals surface area contributed by atoms with Crippen molar-refractivity contribution in [2.75, 3.05) is 6.54 Å². The number of halogens is 1. The molecule has 0 heterocycles. The zero-order chi connectivity index (χ0) is 19.8. The molecule has 0 spiro atoms. The van der Waals surface area contributed by atoms with Crippen LogP contribution in [0.1, 0.15) is 21.5 Å². The lowest BCUT2D eigenvalue weighted by molar-refractivity contribution is 0.0760. The van der Waals surface area contributed by atoms with E-state index >= 15 is 0 Å². The van der Waals surface area contributed by atoms with Gasteiger partial charge >= 0.3 is 0 Å². The summed E-state index contributed by atoms with van der Waals surface area (Å²) in [6, 6.07) is 26.1. The van der Waals surface area contributed by atoms with Gasteiger partial charge in [0.1, 0.15) is 18.9 Å². The summed E-state index contributed by atoms with van der Waals surface area (Å²) in [5.41, 5.74) is 2.35. The van der Waals surface area contributed by atoms with E-state index in [9.17, 15) is 4.79 Å². The molecule has 1 amide bonds. The Morgan fingerprint density at radius 2 is 1.61 bits per heavy atom. The lowest BCUT2D eigenvalue weighted by atomic mass is 10.1. The minimum atomic E-state index is -0.239. The molecular weight excluding hydrogens is 372 g/mol. The highest BCUT2D eigenvalue weighted by Crippen LogP contribution is 2.22. The van der Waals surface area contributed by atoms with E-state index in [0.717, 1.165) is 11.1 Å². The van der Waals surface area contributed by atoms with Crippen LogP contribution in [0.2, 0.25) is 5.02 Å². The summed E-state index contributed by atoms with van der Waals surface area (Å²) in [4.78, 5) is 14.6. The van der Waals surface area contributed by atoms with Crippen molar-refractivity contribution in [1.82, 2.24) is 4.90 Å². The standard InChI is InChI=1S/C23H19ClN2O2/c24-20-12-10-19(11-13-20)17-28-22-9-5-4-8-21(22)23(27)26(15-14-25)16-18-6-2-1-3-7-18/h1-13H,15-17H2. The molecule has 5 heteroatoms. The number of para-hydroxylation sites is 1. The normalized spacial score (nSPS) is 10.1. The molecule has 0 saturated heterocycles. The lowest BCUT2D eigenvalue weighted by Crippen LogP contribution is -2.31. The minimum absolute atomic E-state index is 0.000748. The summed E-state index contributed by atoms with van der Waals surface area (Å²) in [7, 11) is 0. The molecule has 0 fully saturated rings. The number of benzene rings is 3. The molecule has 3 aromatic carbocycles. The van der Waals surface area contributed by atoms with Crippen LogP contribution < -0.4 is 4.74 Å². The monoisotopic (exact) mass is 390 g/mol. The van der Waals surface area contributed by atoms with Gasteiger partial charge in [-0.1, -0.05) is 66.2 Å².